The highest BCUT2D eigenvalue weighted by Crippen LogP contribution is 2.28. The van der Waals surface area contributed by atoms with Crippen molar-refractivity contribution in [3.8, 4) is 0 Å². The van der Waals surface area contributed by atoms with E-state index in [1.54, 1.807) is 19.9 Å². The van der Waals surface area contributed by atoms with Crippen LogP contribution in [0.15, 0.2) is 22.0 Å². The molecule has 0 bridgehead atoms. The number of aryl methyl sites for hydroxylation is 2. The van der Waals surface area contributed by atoms with E-state index in [1.807, 2.05) is 0 Å². The van der Waals surface area contributed by atoms with E-state index in [-0.39, 0.29) is 10.6 Å². The van der Waals surface area contributed by atoms with Crippen LogP contribution in [0.3, 0.4) is 0 Å². The zero-order chi connectivity index (χ0) is 11.6. The van der Waals surface area contributed by atoms with E-state index < -0.39 is 10.1 Å². The molecule has 0 fully saturated rings. The minimum Gasteiger partial charge on any atom is -0.282 e. The monoisotopic (exact) mass is 227 g/mol. The van der Waals surface area contributed by atoms with E-state index in [2.05, 4.69) is 4.99 Å². The molecule has 0 heterocycles. The minimum atomic E-state index is -4.37. The molecule has 0 saturated carbocycles. The second-order valence-electron chi connectivity index (χ2n) is 3.11. The molecule has 1 N–H and O–H groups in total. The lowest BCUT2D eigenvalue weighted by atomic mass is 10.1. The van der Waals surface area contributed by atoms with Gasteiger partial charge in [0, 0.05) is 0 Å². The van der Waals surface area contributed by atoms with Crippen LogP contribution in [0.25, 0.3) is 0 Å². The molecule has 1 aromatic rings. The largest absolute Gasteiger partial charge is 0.296 e. The van der Waals surface area contributed by atoms with Crippen molar-refractivity contribution in [1.29, 1.82) is 0 Å². The zero-order valence-electron chi connectivity index (χ0n) is 8.18. The Hall–Kier alpha value is -1.49. The summed E-state index contributed by atoms with van der Waals surface area (Å²) in [5.74, 6) is 0. The van der Waals surface area contributed by atoms with Crippen molar-refractivity contribution >= 4 is 21.9 Å². The predicted molar refractivity (Wildman–Crippen MR) is 53.5 cm³/mol. The van der Waals surface area contributed by atoms with Gasteiger partial charge in [-0.3, -0.25) is 4.55 Å². The van der Waals surface area contributed by atoms with Gasteiger partial charge in [0.1, 0.15) is 10.6 Å². The quantitative estimate of drug-likeness (QED) is 0.471. The molecular formula is C9H9NO4S. The molecule has 0 aliphatic heterocycles. The molecule has 0 aliphatic rings. The molecule has 0 atom stereocenters. The Morgan fingerprint density at radius 1 is 1.33 bits per heavy atom. The van der Waals surface area contributed by atoms with Crippen molar-refractivity contribution in [3.63, 3.8) is 0 Å². The van der Waals surface area contributed by atoms with Crippen LogP contribution in [0.2, 0.25) is 0 Å². The smallest absolute Gasteiger partial charge is 0.282 e. The van der Waals surface area contributed by atoms with Crippen molar-refractivity contribution in [2.24, 2.45) is 4.99 Å². The van der Waals surface area contributed by atoms with Crippen molar-refractivity contribution in [2.45, 2.75) is 18.7 Å². The van der Waals surface area contributed by atoms with Gasteiger partial charge in [-0.1, -0.05) is 6.07 Å². The third kappa shape index (κ3) is 2.50. The number of nitrogens with zero attached hydrogens (tertiary/aromatic N) is 1. The Bertz CT molecular complexity index is 541. The molecule has 0 saturated heterocycles. The highest BCUT2D eigenvalue weighted by molar-refractivity contribution is 7.86. The Balaban J connectivity index is 3.69. The Morgan fingerprint density at radius 3 is 2.40 bits per heavy atom. The predicted octanol–water partition coefficient (Wildman–Crippen LogP) is 1.52. The number of aliphatic imine (C=N–C) groups is 1. The van der Waals surface area contributed by atoms with Gasteiger partial charge in [0.05, 0.1) is 0 Å². The van der Waals surface area contributed by atoms with Crippen LogP contribution in [-0.2, 0) is 14.9 Å². The lowest BCUT2D eigenvalue weighted by Gasteiger charge is -2.05. The molecule has 0 spiro atoms. The molecule has 0 amide bonds. The lowest BCUT2D eigenvalue weighted by molar-refractivity contribution is 0.483. The maximum Gasteiger partial charge on any atom is 0.296 e. The van der Waals surface area contributed by atoms with Crippen molar-refractivity contribution in [1.82, 2.24) is 0 Å². The van der Waals surface area contributed by atoms with Crippen molar-refractivity contribution in [3.05, 3.63) is 23.3 Å². The first-order chi connectivity index (χ1) is 6.86. The molecule has 0 aromatic heterocycles. The first kappa shape index (κ1) is 11.6. The second-order valence-corrected chi connectivity index (χ2v) is 4.50. The molecule has 0 unspecified atom stereocenters. The van der Waals surface area contributed by atoms with Crippen LogP contribution in [0.5, 0.6) is 0 Å². The average molecular weight is 227 g/mol. The van der Waals surface area contributed by atoms with Gasteiger partial charge in [-0.15, -0.1) is 0 Å². The van der Waals surface area contributed by atoms with Gasteiger partial charge < -0.3 is 0 Å². The minimum absolute atomic E-state index is 0.0712. The topological polar surface area (TPSA) is 83.8 Å². The van der Waals surface area contributed by atoms with Crippen LogP contribution in [0.1, 0.15) is 11.1 Å². The standard InChI is InChI=1S/C9H9NO4S/c1-6-3-7(2)9(10-5-11)8(4-6)15(12,13)14/h3-4H,1-2H3,(H,12,13,14). The Labute approximate surface area is 87.2 Å². The maximum absolute atomic E-state index is 11.0. The average Bonchev–Trinajstić information content (AvgIpc) is 2.07. The van der Waals surface area contributed by atoms with Crippen LogP contribution in [-0.4, -0.2) is 19.1 Å². The molecule has 1 aromatic carbocycles. The second kappa shape index (κ2) is 3.94. The van der Waals surface area contributed by atoms with E-state index in [0.29, 0.717) is 11.1 Å². The number of hydrogen-bond donors (Lipinski definition) is 1. The normalized spacial score (nSPS) is 10.9. The van der Waals surface area contributed by atoms with Gasteiger partial charge in [-0.25, -0.2) is 4.79 Å². The molecule has 5 nitrogen and oxygen atoms in total. The number of isocyanates is 1. The summed E-state index contributed by atoms with van der Waals surface area (Å²) in [7, 11) is -4.37. The summed E-state index contributed by atoms with van der Waals surface area (Å²) in [6, 6.07) is 2.91. The molecule has 15 heavy (non-hydrogen) atoms. The first-order valence-corrected chi connectivity index (χ1v) is 5.47. The molecule has 0 aliphatic carbocycles. The van der Waals surface area contributed by atoms with E-state index in [1.165, 1.54) is 12.1 Å². The van der Waals surface area contributed by atoms with E-state index >= 15 is 0 Å². The Morgan fingerprint density at radius 2 is 1.93 bits per heavy atom. The summed E-state index contributed by atoms with van der Waals surface area (Å²) in [5.41, 5.74) is 1.08. The van der Waals surface area contributed by atoms with Gasteiger partial charge in [-0.05, 0) is 31.0 Å². The number of benzene rings is 1. The summed E-state index contributed by atoms with van der Waals surface area (Å²) in [6.45, 7) is 3.27. The fraction of sp³-hybridized carbons (Fsp3) is 0.222. The fourth-order valence-electron chi connectivity index (χ4n) is 1.31. The van der Waals surface area contributed by atoms with Crippen LogP contribution >= 0.6 is 0 Å². The summed E-state index contributed by atoms with van der Waals surface area (Å²) in [5, 5.41) is 0. The molecule has 80 valence electrons. The van der Waals surface area contributed by atoms with Gasteiger partial charge in [0.15, 0.2) is 0 Å². The summed E-state index contributed by atoms with van der Waals surface area (Å²) in [4.78, 5) is 13.0. The highest BCUT2D eigenvalue weighted by Gasteiger charge is 2.17. The summed E-state index contributed by atoms with van der Waals surface area (Å²) < 4.78 is 30.9. The fourth-order valence-corrected chi connectivity index (χ4v) is 2.09. The third-order valence-electron chi connectivity index (χ3n) is 1.85. The van der Waals surface area contributed by atoms with Crippen molar-refractivity contribution in [2.75, 3.05) is 0 Å². The SMILES string of the molecule is Cc1cc(C)c(N=C=O)c(S(=O)(=O)O)c1. The molecule has 6 heteroatoms. The van der Waals surface area contributed by atoms with Crippen molar-refractivity contribution < 1.29 is 17.8 Å². The summed E-state index contributed by atoms with van der Waals surface area (Å²) in [6.07, 6.45) is 1.26. The number of hydrogen-bond acceptors (Lipinski definition) is 4. The highest BCUT2D eigenvalue weighted by atomic mass is 32.2. The summed E-state index contributed by atoms with van der Waals surface area (Å²) >= 11 is 0. The first-order valence-electron chi connectivity index (χ1n) is 4.03. The molecular weight excluding hydrogens is 218 g/mol. The van der Waals surface area contributed by atoms with E-state index in [0.717, 1.165) is 0 Å². The Kier molecular flexibility index (Phi) is 3.04. The van der Waals surface area contributed by atoms with Crippen LogP contribution in [0.4, 0.5) is 5.69 Å². The maximum atomic E-state index is 11.0. The van der Waals surface area contributed by atoms with E-state index in [9.17, 15) is 13.2 Å². The zero-order valence-corrected chi connectivity index (χ0v) is 9.00. The molecule has 1 rings (SSSR count). The molecule has 0 radical (unpaired) electrons. The van der Waals surface area contributed by atoms with Gasteiger partial charge in [0.25, 0.3) is 10.1 Å². The number of carbonyl (C=O) groups excluding carboxylic acids is 1. The van der Waals surface area contributed by atoms with Gasteiger partial charge >= 0.3 is 0 Å². The van der Waals surface area contributed by atoms with Crippen LogP contribution in [0, 0.1) is 13.8 Å². The lowest BCUT2D eigenvalue weighted by Crippen LogP contribution is -2.00. The van der Waals surface area contributed by atoms with E-state index in [4.69, 9.17) is 4.55 Å². The number of rotatable bonds is 2. The van der Waals surface area contributed by atoms with Crippen LogP contribution < -0.4 is 0 Å². The van der Waals surface area contributed by atoms with Gasteiger partial charge in [0.2, 0.25) is 6.08 Å². The third-order valence-corrected chi connectivity index (χ3v) is 2.71. The van der Waals surface area contributed by atoms with Gasteiger partial charge in [-0.2, -0.15) is 13.4 Å².